The van der Waals surface area contributed by atoms with Gasteiger partial charge in [0.1, 0.15) is 0 Å². The van der Waals surface area contributed by atoms with Crippen molar-refractivity contribution in [2.24, 2.45) is 10.9 Å². The summed E-state index contributed by atoms with van der Waals surface area (Å²) in [6, 6.07) is 8.47. The summed E-state index contributed by atoms with van der Waals surface area (Å²) in [5.41, 5.74) is 2.60. The van der Waals surface area contributed by atoms with Crippen molar-refractivity contribution in [3.05, 3.63) is 35.4 Å². The summed E-state index contributed by atoms with van der Waals surface area (Å²) in [6.07, 6.45) is 3.85. The number of rotatable bonds is 7. The van der Waals surface area contributed by atoms with Crippen molar-refractivity contribution in [2.45, 2.75) is 46.6 Å². The van der Waals surface area contributed by atoms with Crippen molar-refractivity contribution in [3.63, 3.8) is 0 Å². The first-order chi connectivity index (χ1) is 11.7. The second-order valence-electron chi connectivity index (χ2n) is 6.79. The minimum atomic E-state index is 0.733. The molecule has 4 heteroatoms. The zero-order valence-electron chi connectivity index (χ0n) is 15.6. The van der Waals surface area contributed by atoms with Crippen LogP contribution in [0.2, 0.25) is 0 Å². The van der Waals surface area contributed by atoms with Crippen LogP contribution in [-0.4, -0.2) is 43.6 Å². The molecule has 0 amide bonds. The molecule has 0 spiro atoms. The van der Waals surface area contributed by atoms with Gasteiger partial charge in [0.15, 0.2) is 5.96 Å². The first kappa shape index (κ1) is 18.8. The number of nitrogens with zero attached hydrogens (tertiary/aromatic N) is 2. The second kappa shape index (κ2) is 10.3. The van der Waals surface area contributed by atoms with Gasteiger partial charge in [-0.1, -0.05) is 31.2 Å². The van der Waals surface area contributed by atoms with E-state index in [1.54, 1.807) is 0 Å². The summed E-state index contributed by atoms with van der Waals surface area (Å²) in [5.74, 6) is 1.71. The molecule has 1 saturated heterocycles. The van der Waals surface area contributed by atoms with Crippen LogP contribution < -0.4 is 10.6 Å². The lowest BCUT2D eigenvalue weighted by Gasteiger charge is -2.32. The SMILES string of the molecule is CCCN1CCC(CNC(=NCc2ccccc2C)NCC)CC1. The van der Waals surface area contributed by atoms with Crippen LogP contribution in [-0.2, 0) is 6.54 Å². The molecule has 1 aliphatic rings. The van der Waals surface area contributed by atoms with Crippen molar-refractivity contribution in [1.29, 1.82) is 0 Å². The third-order valence-electron chi connectivity index (χ3n) is 4.82. The van der Waals surface area contributed by atoms with Gasteiger partial charge in [0.25, 0.3) is 0 Å². The molecule has 0 saturated carbocycles. The summed E-state index contributed by atoms with van der Waals surface area (Å²) in [5, 5.41) is 6.92. The van der Waals surface area contributed by atoms with Gasteiger partial charge in [0.05, 0.1) is 6.54 Å². The highest BCUT2D eigenvalue weighted by Gasteiger charge is 2.18. The Kier molecular flexibility index (Phi) is 8.10. The van der Waals surface area contributed by atoms with Crippen LogP contribution in [0.4, 0.5) is 0 Å². The largest absolute Gasteiger partial charge is 0.357 e. The summed E-state index contributed by atoms with van der Waals surface area (Å²) < 4.78 is 0. The van der Waals surface area contributed by atoms with Gasteiger partial charge in [-0.3, -0.25) is 0 Å². The number of likely N-dealkylation sites (tertiary alicyclic amines) is 1. The molecule has 0 aliphatic carbocycles. The van der Waals surface area contributed by atoms with Crippen molar-refractivity contribution in [2.75, 3.05) is 32.7 Å². The highest BCUT2D eigenvalue weighted by molar-refractivity contribution is 5.79. The van der Waals surface area contributed by atoms with Gasteiger partial charge in [-0.15, -0.1) is 0 Å². The average molecular weight is 331 g/mol. The smallest absolute Gasteiger partial charge is 0.191 e. The fraction of sp³-hybridized carbons (Fsp3) is 0.650. The van der Waals surface area contributed by atoms with E-state index >= 15 is 0 Å². The molecule has 0 aromatic heterocycles. The lowest BCUT2D eigenvalue weighted by Crippen LogP contribution is -2.43. The zero-order valence-corrected chi connectivity index (χ0v) is 15.6. The molecule has 134 valence electrons. The Morgan fingerprint density at radius 1 is 1.17 bits per heavy atom. The van der Waals surface area contributed by atoms with Crippen LogP contribution >= 0.6 is 0 Å². The Morgan fingerprint density at radius 3 is 2.58 bits per heavy atom. The summed E-state index contributed by atoms with van der Waals surface area (Å²) in [4.78, 5) is 7.35. The molecular weight excluding hydrogens is 296 g/mol. The number of aliphatic imine (C=N–C) groups is 1. The minimum Gasteiger partial charge on any atom is -0.357 e. The van der Waals surface area contributed by atoms with E-state index in [-0.39, 0.29) is 0 Å². The maximum Gasteiger partial charge on any atom is 0.191 e. The van der Waals surface area contributed by atoms with Crippen molar-refractivity contribution < 1.29 is 0 Å². The van der Waals surface area contributed by atoms with Gasteiger partial charge in [0, 0.05) is 13.1 Å². The molecule has 1 aromatic rings. The van der Waals surface area contributed by atoms with Gasteiger partial charge in [-0.25, -0.2) is 4.99 Å². The molecule has 2 rings (SSSR count). The molecule has 1 fully saturated rings. The third kappa shape index (κ3) is 6.16. The van der Waals surface area contributed by atoms with Crippen molar-refractivity contribution in [1.82, 2.24) is 15.5 Å². The molecule has 1 heterocycles. The Balaban J connectivity index is 1.81. The van der Waals surface area contributed by atoms with Crippen molar-refractivity contribution in [3.8, 4) is 0 Å². The molecule has 1 aliphatic heterocycles. The molecule has 0 radical (unpaired) electrons. The number of benzene rings is 1. The van der Waals surface area contributed by atoms with Gasteiger partial charge >= 0.3 is 0 Å². The molecule has 0 unspecified atom stereocenters. The van der Waals surface area contributed by atoms with Gasteiger partial charge in [-0.2, -0.15) is 0 Å². The van der Waals surface area contributed by atoms with Crippen LogP contribution in [0.5, 0.6) is 0 Å². The predicted octanol–water partition coefficient (Wildman–Crippen LogP) is 3.17. The number of piperidine rings is 1. The Hall–Kier alpha value is -1.55. The van der Waals surface area contributed by atoms with E-state index in [2.05, 4.69) is 60.6 Å². The molecule has 24 heavy (non-hydrogen) atoms. The van der Waals surface area contributed by atoms with E-state index < -0.39 is 0 Å². The number of hydrogen-bond acceptors (Lipinski definition) is 2. The van der Waals surface area contributed by atoms with E-state index in [9.17, 15) is 0 Å². The van der Waals surface area contributed by atoms with Crippen LogP contribution in [0.15, 0.2) is 29.3 Å². The molecule has 0 bridgehead atoms. The number of guanidine groups is 1. The summed E-state index contributed by atoms with van der Waals surface area (Å²) in [6.45, 7) is 12.9. The lowest BCUT2D eigenvalue weighted by atomic mass is 9.97. The molecular formula is C20H34N4. The van der Waals surface area contributed by atoms with Crippen molar-refractivity contribution >= 4 is 5.96 Å². The first-order valence-corrected chi connectivity index (χ1v) is 9.52. The molecule has 1 aromatic carbocycles. The summed E-state index contributed by atoms with van der Waals surface area (Å²) >= 11 is 0. The second-order valence-corrected chi connectivity index (χ2v) is 6.79. The standard InChI is InChI=1S/C20H34N4/c1-4-12-24-13-10-18(11-14-24)15-22-20(21-5-2)23-16-19-9-7-6-8-17(19)3/h6-9,18H,4-5,10-16H2,1-3H3,(H2,21,22,23). The minimum absolute atomic E-state index is 0.733. The molecule has 0 atom stereocenters. The Labute approximate surface area is 147 Å². The molecule has 4 nitrogen and oxygen atoms in total. The first-order valence-electron chi connectivity index (χ1n) is 9.52. The van der Waals surface area contributed by atoms with E-state index in [1.807, 2.05) is 0 Å². The fourth-order valence-electron chi connectivity index (χ4n) is 3.26. The Morgan fingerprint density at radius 2 is 1.92 bits per heavy atom. The van der Waals surface area contributed by atoms with Gasteiger partial charge in [-0.05, 0) is 69.8 Å². The zero-order chi connectivity index (χ0) is 17.2. The normalized spacial score (nSPS) is 17.0. The fourth-order valence-corrected chi connectivity index (χ4v) is 3.26. The van der Waals surface area contributed by atoms with E-state index in [1.165, 1.54) is 50.0 Å². The van der Waals surface area contributed by atoms with Gasteiger partial charge < -0.3 is 15.5 Å². The van der Waals surface area contributed by atoms with E-state index in [0.29, 0.717) is 0 Å². The van der Waals surface area contributed by atoms with E-state index in [4.69, 9.17) is 4.99 Å². The topological polar surface area (TPSA) is 39.7 Å². The van der Waals surface area contributed by atoms with Gasteiger partial charge in [0.2, 0.25) is 0 Å². The Bertz CT molecular complexity index is 504. The maximum absolute atomic E-state index is 4.76. The number of nitrogens with one attached hydrogen (secondary N) is 2. The number of aryl methyl sites for hydroxylation is 1. The quantitative estimate of drug-likeness (QED) is 0.596. The number of hydrogen-bond donors (Lipinski definition) is 2. The average Bonchev–Trinajstić information content (AvgIpc) is 2.60. The third-order valence-corrected chi connectivity index (χ3v) is 4.82. The van der Waals surface area contributed by atoms with E-state index in [0.717, 1.165) is 31.5 Å². The predicted molar refractivity (Wildman–Crippen MR) is 103 cm³/mol. The highest BCUT2D eigenvalue weighted by Crippen LogP contribution is 2.16. The monoisotopic (exact) mass is 330 g/mol. The molecule has 2 N–H and O–H groups in total. The maximum atomic E-state index is 4.76. The van der Waals surface area contributed by atoms with Crippen LogP contribution in [0, 0.1) is 12.8 Å². The highest BCUT2D eigenvalue weighted by atomic mass is 15.2. The van der Waals surface area contributed by atoms with Crippen LogP contribution in [0.3, 0.4) is 0 Å². The lowest BCUT2D eigenvalue weighted by molar-refractivity contribution is 0.185. The van der Waals surface area contributed by atoms with Crippen LogP contribution in [0.1, 0.15) is 44.2 Å². The summed E-state index contributed by atoms with van der Waals surface area (Å²) in [7, 11) is 0. The van der Waals surface area contributed by atoms with Crippen LogP contribution in [0.25, 0.3) is 0 Å².